The standard InChI is InChI=1S/C13H12N4O3S2/c1-5-3-4-6(19-5)9-7-8(14)11(20-12(15)18)22-10(7)17-13(16-9)21-2/h3-4H,14H2,1-2H3,(H2,15,18). The maximum atomic E-state index is 11.0. The molecule has 7 nitrogen and oxygen atoms in total. The highest BCUT2D eigenvalue weighted by molar-refractivity contribution is 7.98. The fraction of sp³-hybridized carbons (Fsp3) is 0.154. The molecule has 0 aliphatic heterocycles. The lowest BCUT2D eigenvalue weighted by Gasteiger charge is -2.03. The second-order valence-electron chi connectivity index (χ2n) is 4.37. The summed E-state index contributed by atoms with van der Waals surface area (Å²) in [5.74, 6) is 1.34. The molecule has 3 rings (SSSR count). The molecule has 3 aromatic rings. The zero-order chi connectivity index (χ0) is 15.9. The Bertz CT molecular complexity index is 872. The van der Waals surface area contributed by atoms with Crippen molar-refractivity contribution in [1.82, 2.24) is 9.97 Å². The number of nitrogens with two attached hydrogens (primary N) is 2. The molecule has 22 heavy (non-hydrogen) atoms. The van der Waals surface area contributed by atoms with Gasteiger partial charge in [-0.15, -0.1) is 0 Å². The summed E-state index contributed by atoms with van der Waals surface area (Å²) in [4.78, 5) is 20.4. The van der Waals surface area contributed by atoms with Crippen molar-refractivity contribution >= 4 is 45.1 Å². The Balaban J connectivity index is 2.29. The van der Waals surface area contributed by atoms with Crippen LogP contribution in [0.15, 0.2) is 21.7 Å². The lowest BCUT2D eigenvalue weighted by Crippen LogP contribution is -2.16. The van der Waals surface area contributed by atoms with Crippen LogP contribution in [0.4, 0.5) is 10.5 Å². The maximum Gasteiger partial charge on any atom is 0.410 e. The van der Waals surface area contributed by atoms with E-state index < -0.39 is 6.09 Å². The Morgan fingerprint density at radius 3 is 2.77 bits per heavy atom. The third-order valence-corrected chi connectivity index (χ3v) is 4.41. The fourth-order valence-electron chi connectivity index (χ4n) is 1.98. The summed E-state index contributed by atoms with van der Waals surface area (Å²) in [7, 11) is 0. The molecule has 1 amide bonds. The zero-order valence-corrected chi connectivity index (χ0v) is 13.4. The molecular formula is C13H12N4O3S2. The molecule has 0 fully saturated rings. The van der Waals surface area contributed by atoms with E-state index in [1.165, 1.54) is 11.8 Å². The van der Waals surface area contributed by atoms with Crippen molar-refractivity contribution in [3.63, 3.8) is 0 Å². The summed E-state index contributed by atoms with van der Waals surface area (Å²) in [6, 6.07) is 3.65. The summed E-state index contributed by atoms with van der Waals surface area (Å²) < 4.78 is 10.6. The SMILES string of the molecule is CSc1nc(-c2ccc(C)o2)c2c(N)c(OC(N)=O)sc2n1. The van der Waals surface area contributed by atoms with Crippen molar-refractivity contribution in [2.45, 2.75) is 12.1 Å². The smallest absolute Gasteiger partial charge is 0.410 e. The van der Waals surface area contributed by atoms with Crippen molar-refractivity contribution in [2.24, 2.45) is 5.73 Å². The molecule has 0 unspecified atom stereocenters. The van der Waals surface area contributed by atoms with Crippen LogP contribution in [0.1, 0.15) is 5.76 Å². The third kappa shape index (κ3) is 2.48. The first-order valence-electron chi connectivity index (χ1n) is 6.17. The van der Waals surface area contributed by atoms with Crippen LogP contribution in [0.2, 0.25) is 0 Å². The number of fused-ring (bicyclic) bond motifs is 1. The number of carbonyl (C=O) groups is 1. The van der Waals surface area contributed by atoms with Gasteiger partial charge in [-0.25, -0.2) is 14.8 Å². The predicted octanol–water partition coefficient (Wildman–Crippen LogP) is 3.02. The minimum atomic E-state index is -0.924. The molecule has 0 atom stereocenters. The Kier molecular flexibility index (Phi) is 3.67. The van der Waals surface area contributed by atoms with Gasteiger partial charge in [0.15, 0.2) is 10.9 Å². The van der Waals surface area contributed by atoms with Crippen molar-refractivity contribution < 1.29 is 13.9 Å². The van der Waals surface area contributed by atoms with Gasteiger partial charge in [0.05, 0.1) is 11.1 Å². The molecule has 0 aromatic carbocycles. The fourth-order valence-corrected chi connectivity index (χ4v) is 3.36. The summed E-state index contributed by atoms with van der Waals surface area (Å²) in [6.07, 6.45) is 0.947. The number of aryl methyl sites for hydroxylation is 1. The lowest BCUT2D eigenvalue weighted by molar-refractivity contribution is 0.212. The Morgan fingerprint density at radius 1 is 1.41 bits per heavy atom. The molecule has 0 spiro atoms. The second-order valence-corrected chi connectivity index (χ2v) is 6.11. The molecule has 0 aliphatic carbocycles. The minimum Gasteiger partial charge on any atom is -0.460 e. The number of carbonyl (C=O) groups excluding carboxylic acids is 1. The van der Waals surface area contributed by atoms with E-state index in [2.05, 4.69) is 9.97 Å². The highest BCUT2D eigenvalue weighted by Gasteiger charge is 2.21. The van der Waals surface area contributed by atoms with Crippen LogP contribution in [0.3, 0.4) is 0 Å². The summed E-state index contributed by atoms with van der Waals surface area (Å²) >= 11 is 2.54. The molecule has 0 saturated carbocycles. The molecule has 3 heterocycles. The first-order valence-corrected chi connectivity index (χ1v) is 8.21. The largest absolute Gasteiger partial charge is 0.460 e. The van der Waals surface area contributed by atoms with Crippen molar-refractivity contribution in [1.29, 1.82) is 0 Å². The molecular weight excluding hydrogens is 324 g/mol. The van der Waals surface area contributed by atoms with E-state index in [4.69, 9.17) is 20.6 Å². The number of ether oxygens (including phenoxy) is 1. The van der Waals surface area contributed by atoms with Gasteiger partial charge in [0.25, 0.3) is 0 Å². The number of thioether (sulfide) groups is 1. The van der Waals surface area contributed by atoms with Crippen LogP contribution in [0, 0.1) is 6.92 Å². The average molecular weight is 336 g/mol. The molecule has 0 saturated heterocycles. The van der Waals surface area contributed by atoms with Gasteiger partial charge in [-0.05, 0) is 25.3 Å². The van der Waals surface area contributed by atoms with E-state index in [0.29, 0.717) is 26.8 Å². The predicted molar refractivity (Wildman–Crippen MR) is 86.3 cm³/mol. The molecule has 0 bridgehead atoms. The van der Waals surface area contributed by atoms with E-state index in [-0.39, 0.29) is 10.8 Å². The van der Waals surface area contributed by atoms with Gasteiger partial charge < -0.3 is 20.6 Å². The summed E-state index contributed by atoms with van der Waals surface area (Å²) in [6.45, 7) is 1.84. The molecule has 3 aromatic heterocycles. The van der Waals surface area contributed by atoms with Gasteiger partial charge in [0, 0.05) is 0 Å². The summed E-state index contributed by atoms with van der Waals surface area (Å²) in [5.41, 5.74) is 12.0. The number of rotatable bonds is 3. The van der Waals surface area contributed by atoms with Gasteiger partial charge in [-0.3, -0.25) is 0 Å². The van der Waals surface area contributed by atoms with E-state index in [9.17, 15) is 4.79 Å². The van der Waals surface area contributed by atoms with E-state index in [0.717, 1.165) is 17.1 Å². The van der Waals surface area contributed by atoms with Gasteiger partial charge in [0.2, 0.25) is 5.06 Å². The van der Waals surface area contributed by atoms with Crippen LogP contribution in [-0.4, -0.2) is 22.3 Å². The number of thiophene rings is 1. The van der Waals surface area contributed by atoms with E-state index in [1.807, 2.05) is 25.3 Å². The highest BCUT2D eigenvalue weighted by Crippen LogP contribution is 2.44. The third-order valence-electron chi connectivity index (χ3n) is 2.88. The van der Waals surface area contributed by atoms with Crippen molar-refractivity contribution in [2.75, 3.05) is 12.0 Å². The topological polar surface area (TPSA) is 117 Å². The number of amides is 1. The van der Waals surface area contributed by atoms with Gasteiger partial charge >= 0.3 is 6.09 Å². The first-order chi connectivity index (χ1) is 10.5. The summed E-state index contributed by atoms with van der Waals surface area (Å²) in [5, 5.41) is 1.37. The number of hydrogen-bond acceptors (Lipinski definition) is 8. The lowest BCUT2D eigenvalue weighted by atomic mass is 10.2. The number of furan rings is 1. The normalized spacial score (nSPS) is 11.0. The Morgan fingerprint density at radius 2 is 2.18 bits per heavy atom. The number of hydrogen-bond donors (Lipinski definition) is 2. The van der Waals surface area contributed by atoms with E-state index >= 15 is 0 Å². The molecule has 114 valence electrons. The van der Waals surface area contributed by atoms with Crippen LogP contribution in [0.25, 0.3) is 21.7 Å². The quantitative estimate of drug-likeness (QED) is 0.557. The van der Waals surface area contributed by atoms with Crippen LogP contribution in [-0.2, 0) is 0 Å². The van der Waals surface area contributed by atoms with Crippen molar-refractivity contribution in [3.05, 3.63) is 17.9 Å². The van der Waals surface area contributed by atoms with Gasteiger partial charge in [-0.1, -0.05) is 23.1 Å². The number of primary amides is 1. The van der Waals surface area contributed by atoms with Gasteiger partial charge in [0.1, 0.15) is 16.3 Å². The zero-order valence-electron chi connectivity index (χ0n) is 11.7. The Labute approximate surface area is 133 Å². The molecule has 0 radical (unpaired) electrons. The molecule has 9 heteroatoms. The van der Waals surface area contributed by atoms with Crippen LogP contribution < -0.4 is 16.2 Å². The van der Waals surface area contributed by atoms with Crippen molar-refractivity contribution in [3.8, 4) is 16.5 Å². The average Bonchev–Trinajstić information content (AvgIpc) is 3.02. The number of nitrogens with zero attached hydrogens (tertiary/aromatic N) is 2. The number of nitrogen functional groups attached to an aromatic ring is 1. The Hall–Kier alpha value is -2.26. The number of anilines is 1. The van der Waals surface area contributed by atoms with Gasteiger partial charge in [-0.2, -0.15) is 0 Å². The van der Waals surface area contributed by atoms with Crippen LogP contribution >= 0.6 is 23.1 Å². The molecule has 4 N–H and O–H groups in total. The first kappa shape index (κ1) is 14.7. The molecule has 0 aliphatic rings. The highest BCUT2D eigenvalue weighted by atomic mass is 32.2. The maximum absolute atomic E-state index is 11.0. The van der Waals surface area contributed by atoms with E-state index in [1.54, 1.807) is 0 Å². The minimum absolute atomic E-state index is 0.208. The monoisotopic (exact) mass is 336 g/mol. The van der Waals surface area contributed by atoms with Crippen LogP contribution in [0.5, 0.6) is 5.06 Å². The number of aromatic nitrogens is 2. The second kappa shape index (κ2) is 5.50.